The molecular weight excluding hydrogens is 390 g/mol. The van der Waals surface area contributed by atoms with Crippen molar-refractivity contribution in [2.75, 3.05) is 32.1 Å². The fourth-order valence-electron chi connectivity index (χ4n) is 4.13. The van der Waals surface area contributed by atoms with Crippen LogP contribution >= 0.6 is 0 Å². The largest absolute Gasteiger partial charge is 0.372 e. The Bertz CT molecular complexity index is 865. The minimum atomic E-state index is 0.224. The molecule has 2 aromatic rings. The first-order chi connectivity index (χ1) is 14.8. The number of pyridine rings is 1. The van der Waals surface area contributed by atoms with Crippen molar-refractivity contribution in [3.05, 3.63) is 41.3 Å². The van der Waals surface area contributed by atoms with Crippen molar-refractivity contribution >= 4 is 11.8 Å². The Morgan fingerprint density at radius 2 is 2.00 bits per heavy atom. The van der Waals surface area contributed by atoms with Crippen LogP contribution < -0.4 is 10.2 Å². The molecule has 1 aliphatic rings. The Morgan fingerprint density at radius 1 is 1.29 bits per heavy atom. The molecule has 0 aromatic carbocycles. The number of aromatic nitrogens is 3. The first kappa shape index (κ1) is 23.1. The minimum Gasteiger partial charge on any atom is -0.372 e. The Hall–Kier alpha value is -2.61. The standard InChI is InChI=1S/C23H37N7O/c1-16(2)22-20(15-29(7)27-22)14-28(6)23(24-5)26-11-19-8-9-21(25-10-19)30-12-17(3)31-18(4)13-30/h8-10,15-18H,11-14H2,1-7H3,(H,24,26). The molecule has 8 nitrogen and oxygen atoms in total. The van der Waals surface area contributed by atoms with Gasteiger partial charge in [-0.1, -0.05) is 19.9 Å². The highest BCUT2D eigenvalue weighted by molar-refractivity contribution is 5.79. The van der Waals surface area contributed by atoms with Gasteiger partial charge in [-0.25, -0.2) is 4.98 Å². The lowest BCUT2D eigenvalue weighted by Gasteiger charge is -2.36. The van der Waals surface area contributed by atoms with Crippen LogP contribution in [-0.4, -0.2) is 65.0 Å². The predicted octanol–water partition coefficient (Wildman–Crippen LogP) is 2.76. The van der Waals surface area contributed by atoms with Gasteiger partial charge < -0.3 is 19.9 Å². The van der Waals surface area contributed by atoms with E-state index in [1.807, 2.05) is 25.0 Å². The number of aryl methyl sites for hydroxylation is 1. The summed E-state index contributed by atoms with van der Waals surface area (Å²) in [5.74, 6) is 2.24. The van der Waals surface area contributed by atoms with Gasteiger partial charge in [-0.05, 0) is 31.4 Å². The maximum absolute atomic E-state index is 5.82. The number of rotatable bonds is 6. The number of hydrogen-bond acceptors (Lipinski definition) is 5. The maximum atomic E-state index is 5.82. The topological polar surface area (TPSA) is 70.8 Å². The number of nitrogens with one attached hydrogen (secondary N) is 1. The van der Waals surface area contributed by atoms with E-state index in [2.05, 4.69) is 83.3 Å². The van der Waals surface area contributed by atoms with E-state index in [9.17, 15) is 0 Å². The van der Waals surface area contributed by atoms with Crippen LogP contribution in [0.25, 0.3) is 0 Å². The van der Waals surface area contributed by atoms with Gasteiger partial charge in [-0.3, -0.25) is 9.67 Å². The Labute approximate surface area is 186 Å². The van der Waals surface area contributed by atoms with Crippen LogP contribution in [0.5, 0.6) is 0 Å². The molecule has 2 unspecified atom stereocenters. The van der Waals surface area contributed by atoms with Crippen LogP contribution in [-0.2, 0) is 24.9 Å². The Kier molecular flexibility index (Phi) is 7.54. The third kappa shape index (κ3) is 5.97. The molecule has 8 heteroatoms. The third-order valence-electron chi connectivity index (χ3n) is 5.47. The minimum absolute atomic E-state index is 0.224. The zero-order valence-electron chi connectivity index (χ0n) is 20.0. The number of hydrogen-bond donors (Lipinski definition) is 1. The number of aliphatic imine (C=N–C) groups is 1. The van der Waals surface area contributed by atoms with Crippen LogP contribution in [0.1, 0.15) is 50.4 Å². The van der Waals surface area contributed by atoms with E-state index in [4.69, 9.17) is 4.74 Å². The van der Waals surface area contributed by atoms with E-state index in [-0.39, 0.29) is 12.2 Å². The SMILES string of the molecule is CN=C(NCc1ccc(N2CC(C)OC(C)C2)nc1)N(C)Cc1cn(C)nc1C(C)C. The highest BCUT2D eigenvalue weighted by Crippen LogP contribution is 2.20. The second-order valence-electron chi connectivity index (χ2n) is 8.81. The second kappa shape index (κ2) is 10.1. The molecule has 0 amide bonds. The smallest absolute Gasteiger partial charge is 0.193 e. The first-order valence-corrected chi connectivity index (χ1v) is 11.1. The van der Waals surface area contributed by atoms with Crippen LogP contribution in [0, 0.1) is 0 Å². The molecule has 3 rings (SSSR count). The lowest BCUT2D eigenvalue weighted by Crippen LogP contribution is -2.45. The van der Waals surface area contributed by atoms with Crippen LogP contribution in [0.2, 0.25) is 0 Å². The molecule has 2 atom stereocenters. The Balaban J connectivity index is 1.58. The summed E-state index contributed by atoms with van der Waals surface area (Å²) in [6.07, 6.45) is 4.48. The number of nitrogens with zero attached hydrogens (tertiary/aromatic N) is 6. The van der Waals surface area contributed by atoms with E-state index < -0.39 is 0 Å². The predicted molar refractivity (Wildman–Crippen MR) is 125 cm³/mol. The molecule has 0 spiro atoms. The van der Waals surface area contributed by atoms with E-state index >= 15 is 0 Å². The zero-order chi connectivity index (χ0) is 22.5. The number of morpholine rings is 1. The summed E-state index contributed by atoms with van der Waals surface area (Å²) >= 11 is 0. The molecule has 1 saturated heterocycles. The third-order valence-corrected chi connectivity index (χ3v) is 5.47. The van der Waals surface area contributed by atoms with Crippen LogP contribution in [0.4, 0.5) is 5.82 Å². The summed E-state index contributed by atoms with van der Waals surface area (Å²) < 4.78 is 7.71. The average molecular weight is 428 g/mol. The van der Waals surface area contributed by atoms with Gasteiger partial charge in [-0.15, -0.1) is 0 Å². The summed E-state index contributed by atoms with van der Waals surface area (Å²) in [7, 11) is 5.83. The molecule has 1 N–H and O–H groups in total. The van der Waals surface area contributed by atoms with Crippen molar-refractivity contribution < 1.29 is 4.74 Å². The zero-order valence-corrected chi connectivity index (χ0v) is 20.0. The fourth-order valence-corrected chi connectivity index (χ4v) is 4.13. The summed E-state index contributed by atoms with van der Waals surface area (Å²) in [6, 6.07) is 4.23. The number of ether oxygens (including phenoxy) is 1. The molecule has 2 aromatic heterocycles. The highest BCUT2D eigenvalue weighted by Gasteiger charge is 2.23. The van der Waals surface area contributed by atoms with Crippen molar-refractivity contribution in [2.45, 2.75) is 58.9 Å². The van der Waals surface area contributed by atoms with E-state index in [1.165, 1.54) is 5.56 Å². The van der Waals surface area contributed by atoms with Gasteiger partial charge in [0.25, 0.3) is 0 Å². The molecule has 170 valence electrons. The van der Waals surface area contributed by atoms with Gasteiger partial charge in [0, 0.05) is 65.3 Å². The lowest BCUT2D eigenvalue weighted by molar-refractivity contribution is -0.00545. The van der Waals surface area contributed by atoms with Gasteiger partial charge in [-0.2, -0.15) is 5.10 Å². The molecule has 1 fully saturated rings. The molecule has 0 bridgehead atoms. The first-order valence-electron chi connectivity index (χ1n) is 11.1. The van der Waals surface area contributed by atoms with Gasteiger partial charge in [0.2, 0.25) is 0 Å². The molecule has 0 aliphatic carbocycles. The van der Waals surface area contributed by atoms with Crippen LogP contribution in [0.3, 0.4) is 0 Å². The van der Waals surface area contributed by atoms with E-state index in [0.29, 0.717) is 12.5 Å². The van der Waals surface area contributed by atoms with Gasteiger partial charge >= 0.3 is 0 Å². The molecule has 1 aliphatic heterocycles. The van der Waals surface area contributed by atoms with Gasteiger partial charge in [0.15, 0.2) is 5.96 Å². The maximum Gasteiger partial charge on any atom is 0.193 e. The van der Waals surface area contributed by atoms with Crippen molar-refractivity contribution in [3.8, 4) is 0 Å². The summed E-state index contributed by atoms with van der Waals surface area (Å²) in [6.45, 7) is 11.7. The average Bonchev–Trinajstić information content (AvgIpc) is 3.08. The van der Waals surface area contributed by atoms with Crippen molar-refractivity contribution in [2.24, 2.45) is 12.0 Å². The van der Waals surface area contributed by atoms with Gasteiger partial charge in [0.05, 0.1) is 17.9 Å². The van der Waals surface area contributed by atoms with Crippen molar-refractivity contribution in [1.29, 1.82) is 0 Å². The molecular formula is C23H37N7O. The normalized spacial score (nSPS) is 19.7. The molecule has 0 saturated carbocycles. The Morgan fingerprint density at radius 3 is 2.58 bits per heavy atom. The highest BCUT2D eigenvalue weighted by atomic mass is 16.5. The summed E-state index contributed by atoms with van der Waals surface area (Å²) in [5, 5.41) is 8.06. The van der Waals surface area contributed by atoms with E-state index in [0.717, 1.165) is 42.7 Å². The second-order valence-corrected chi connectivity index (χ2v) is 8.81. The summed E-state index contributed by atoms with van der Waals surface area (Å²) in [5.41, 5.74) is 3.48. The van der Waals surface area contributed by atoms with E-state index in [1.54, 1.807) is 0 Å². The molecule has 0 radical (unpaired) electrons. The van der Waals surface area contributed by atoms with Crippen molar-refractivity contribution in [1.82, 2.24) is 25.0 Å². The van der Waals surface area contributed by atoms with Crippen molar-refractivity contribution in [3.63, 3.8) is 0 Å². The summed E-state index contributed by atoms with van der Waals surface area (Å²) in [4.78, 5) is 13.6. The lowest BCUT2D eigenvalue weighted by atomic mass is 10.1. The quantitative estimate of drug-likeness (QED) is 0.565. The molecule has 3 heterocycles. The molecule has 31 heavy (non-hydrogen) atoms. The number of guanidine groups is 1. The fraction of sp³-hybridized carbons (Fsp3) is 0.609. The monoisotopic (exact) mass is 427 g/mol. The number of anilines is 1. The van der Waals surface area contributed by atoms with Crippen LogP contribution in [0.15, 0.2) is 29.5 Å². The van der Waals surface area contributed by atoms with Gasteiger partial charge in [0.1, 0.15) is 5.82 Å².